The maximum absolute atomic E-state index is 12.2. The van der Waals surface area contributed by atoms with E-state index < -0.39 is 11.9 Å². The van der Waals surface area contributed by atoms with Crippen molar-refractivity contribution in [2.45, 2.75) is 6.42 Å². The largest absolute Gasteiger partial charge is 0.508 e. The Labute approximate surface area is 159 Å². The maximum Gasteiger partial charge on any atom is 0.324 e. The number of urea groups is 1. The van der Waals surface area contributed by atoms with Gasteiger partial charge < -0.3 is 21.1 Å². The molecule has 3 amide bonds. The van der Waals surface area contributed by atoms with E-state index in [1.165, 1.54) is 12.1 Å². The molecule has 0 saturated carbocycles. The zero-order valence-corrected chi connectivity index (χ0v) is 14.6. The summed E-state index contributed by atoms with van der Waals surface area (Å²) in [6, 6.07) is 14.2. The first kappa shape index (κ1) is 18.5. The van der Waals surface area contributed by atoms with Crippen LogP contribution in [0.1, 0.15) is 27.4 Å². The number of nitrogens with two attached hydrogens (primary N) is 1. The Morgan fingerprint density at radius 3 is 2.39 bits per heavy atom. The molecule has 0 fully saturated rings. The Hall–Kier alpha value is -4.32. The Morgan fingerprint density at radius 2 is 1.79 bits per heavy atom. The molecule has 9 nitrogen and oxygen atoms in total. The Morgan fingerprint density at radius 1 is 1.11 bits per heavy atom. The molecule has 0 radical (unpaired) electrons. The molecule has 3 aromatic rings. The molecular weight excluding hydrogens is 360 g/mol. The second kappa shape index (κ2) is 7.92. The van der Waals surface area contributed by atoms with E-state index in [2.05, 4.69) is 20.6 Å². The molecule has 0 aliphatic heterocycles. The monoisotopic (exact) mass is 376 g/mol. The van der Waals surface area contributed by atoms with Gasteiger partial charge in [-0.05, 0) is 42.0 Å². The van der Waals surface area contributed by atoms with Gasteiger partial charge in [-0.15, -0.1) is 0 Å². The number of phenolic OH excluding ortho intramolecular Hbond substituents is 1. The zero-order chi connectivity index (χ0) is 20.1. The van der Waals surface area contributed by atoms with Crippen LogP contribution >= 0.6 is 0 Å². The van der Waals surface area contributed by atoms with E-state index in [4.69, 9.17) is 11.0 Å². The Kier molecular flexibility index (Phi) is 5.23. The highest BCUT2D eigenvalue weighted by Crippen LogP contribution is 2.17. The molecule has 0 aliphatic carbocycles. The summed E-state index contributed by atoms with van der Waals surface area (Å²) >= 11 is 0. The van der Waals surface area contributed by atoms with Gasteiger partial charge in [-0.25, -0.2) is 9.78 Å². The van der Waals surface area contributed by atoms with E-state index in [1.807, 2.05) is 6.07 Å². The Balaban J connectivity index is 1.73. The lowest BCUT2D eigenvalue weighted by Gasteiger charge is -2.06. The molecule has 9 heteroatoms. The molecule has 28 heavy (non-hydrogen) atoms. The van der Waals surface area contributed by atoms with Gasteiger partial charge in [-0.1, -0.05) is 12.1 Å². The number of benzene rings is 2. The molecule has 0 unspecified atom stereocenters. The van der Waals surface area contributed by atoms with Crippen LogP contribution in [0, 0.1) is 11.3 Å². The second-order valence-corrected chi connectivity index (χ2v) is 5.88. The molecular formula is C19H16N6O3. The van der Waals surface area contributed by atoms with Crippen molar-refractivity contribution in [1.29, 1.82) is 5.26 Å². The molecule has 0 atom stereocenters. The fourth-order valence-corrected chi connectivity index (χ4v) is 2.48. The number of nitrogens with zero attached hydrogens (tertiary/aromatic N) is 2. The van der Waals surface area contributed by atoms with Crippen LogP contribution < -0.4 is 16.4 Å². The molecule has 6 N–H and O–H groups in total. The highest BCUT2D eigenvalue weighted by molar-refractivity contribution is 6.04. The van der Waals surface area contributed by atoms with E-state index in [9.17, 15) is 14.7 Å². The van der Waals surface area contributed by atoms with Crippen LogP contribution in [-0.2, 0) is 6.42 Å². The fourth-order valence-electron chi connectivity index (χ4n) is 2.48. The van der Waals surface area contributed by atoms with Gasteiger partial charge in [-0.3, -0.25) is 10.1 Å². The summed E-state index contributed by atoms with van der Waals surface area (Å²) in [5, 5.41) is 23.2. The lowest BCUT2D eigenvalue weighted by atomic mass is 10.1. The lowest BCUT2D eigenvalue weighted by Crippen LogP contribution is -2.22. The first-order valence-electron chi connectivity index (χ1n) is 8.19. The predicted octanol–water partition coefficient (Wildman–Crippen LogP) is 2.32. The van der Waals surface area contributed by atoms with Crippen molar-refractivity contribution in [2.75, 3.05) is 10.6 Å². The molecule has 2 aromatic carbocycles. The number of aromatic hydroxyl groups is 1. The average molecular weight is 376 g/mol. The summed E-state index contributed by atoms with van der Waals surface area (Å²) in [5.74, 6) is -0.193. The van der Waals surface area contributed by atoms with Gasteiger partial charge in [0.15, 0.2) is 5.82 Å². The maximum atomic E-state index is 12.2. The number of imidazole rings is 1. The molecule has 0 bridgehead atoms. The van der Waals surface area contributed by atoms with Crippen LogP contribution in [-0.4, -0.2) is 27.0 Å². The van der Waals surface area contributed by atoms with Gasteiger partial charge >= 0.3 is 6.03 Å². The number of carbonyl (C=O) groups excluding carboxylic acids is 2. The average Bonchev–Trinajstić information content (AvgIpc) is 3.06. The van der Waals surface area contributed by atoms with Crippen molar-refractivity contribution in [3.63, 3.8) is 0 Å². The number of amides is 3. The minimum Gasteiger partial charge on any atom is -0.508 e. The van der Waals surface area contributed by atoms with Crippen molar-refractivity contribution in [3.05, 3.63) is 71.2 Å². The number of rotatable bonds is 5. The third-order valence-corrected chi connectivity index (χ3v) is 3.81. The predicted molar refractivity (Wildman–Crippen MR) is 102 cm³/mol. The fraction of sp³-hybridized carbons (Fsp3) is 0.0526. The summed E-state index contributed by atoms with van der Waals surface area (Å²) in [5.41, 5.74) is 7.11. The lowest BCUT2D eigenvalue weighted by molar-refractivity contribution is 0.0997. The van der Waals surface area contributed by atoms with E-state index in [1.54, 1.807) is 36.4 Å². The molecule has 140 valence electrons. The number of H-pyrrole nitrogens is 1. The number of carbonyl (C=O) groups is 2. The highest BCUT2D eigenvalue weighted by Gasteiger charge is 2.17. The van der Waals surface area contributed by atoms with E-state index in [-0.39, 0.29) is 17.3 Å². The normalized spacial score (nSPS) is 10.1. The third kappa shape index (κ3) is 4.44. The van der Waals surface area contributed by atoms with Gasteiger partial charge in [0.25, 0.3) is 5.91 Å². The first-order valence-corrected chi connectivity index (χ1v) is 8.19. The van der Waals surface area contributed by atoms with E-state index in [0.717, 1.165) is 5.56 Å². The molecule has 0 spiro atoms. The number of hydrogen-bond donors (Lipinski definition) is 5. The van der Waals surface area contributed by atoms with Crippen molar-refractivity contribution < 1.29 is 14.7 Å². The second-order valence-electron chi connectivity index (χ2n) is 5.88. The van der Waals surface area contributed by atoms with Crippen LogP contribution in [0.3, 0.4) is 0 Å². The number of phenols is 1. The number of nitrogens with one attached hydrogen (secondary N) is 3. The third-order valence-electron chi connectivity index (χ3n) is 3.81. The minimum absolute atomic E-state index is 0.00687. The van der Waals surface area contributed by atoms with E-state index >= 15 is 0 Å². The van der Waals surface area contributed by atoms with Crippen molar-refractivity contribution in [1.82, 2.24) is 9.97 Å². The SMILES string of the molecule is N#Cc1ccc(NC(=O)Nc2nc(Cc3ccc(O)cc3)[nH]c2C(N)=O)cc1. The van der Waals surface area contributed by atoms with Gasteiger partial charge in [0, 0.05) is 12.1 Å². The summed E-state index contributed by atoms with van der Waals surface area (Å²) in [6.07, 6.45) is 0.347. The highest BCUT2D eigenvalue weighted by atomic mass is 16.3. The quantitative estimate of drug-likeness (QED) is 0.462. The van der Waals surface area contributed by atoms with Gasteiger partial charge in [0.1, 0.15) is 17.3 Å². The standard InChI is InChI=1S/C19H16N6O3/c20-10-12-1-5-13(6-2-12)22-19(28)25-18-16(17(21)27)23-15(24-18)9-11-3-7-14(26)8-4-11/h1-8,26H,9H2,(H2,21,27)(H,23,24)(H2,22,25,28). The van der Waals surface area contributed by atoms with E-state index in [0.29, 0.717) is 23.5 Å². The Bertz CT molecular complexity index is 1050. The number of primary amides is 1. The van der Waals surface area contributed by atoms with Crippen LogP contribution in [0.4, 0.5) is 16.3 Å². The van der Waals surface area contributed by atoms with Gasteiger partial charge in [0.05, 0.1) is 11.6 Å². The van der Waals surface area contributed by atoms with Crippen molar-refractivity contribution in [2.24, 2.45) is 5.73 Å². The number of nitriles is 1. The number of hydrogen-bond acceptors (Lipinski definition) is 5. The first-order chi connectivity index (χ1) is 13.4. The molecule has 3 rings (SSSR count). The summed E-state index contributed by atoms with van der Waals surface area (Å²) in [6.45, 7) is 0. The van der Waals surface area contributed by atoms with Crippen molar-refractivity contribution in [3.8, 4) is 11.8 Å². The molecule has 0 saturated heterocycles. The van der Waals surface area contributed by atoms with Crippen LogP contribution in [0.5, 0.6) is 5.75 Å². The molecule has 0 aliphatic rings. The topological polar surface area (TPSA) is 157 Å². The summed E-state index contributed by atoms with van der Waals surface area (Å²) in [4.78, 5) is 30.9. The smallest absolute Gasteiger partial charge is 0.324 e. The summed E-state index contributed by atoms with van der Waals surface area (Å²) in [7, 11) is 0. The molecule has 1 heterocycles. The summed E-state index contributed by atoms with van der Waals surface area (Å²) < 4.78 is 0. The number of aromatic nitrogens is 2. The van der Waals surface area contributed by atoms with Gasteiger partial charge in [-0.2, -0.15) is 5.26 Å². The van der Waals surface area contributed by atoms with Crippen LogP contribution in [0.2, 0.25) is 0 Å². The number of aromatic amines is 1. The zero-order valence-electron chi connectivity index (χ0n) is 14.6. The van der Waals surface area contributed by atoms with Gasteiger partial charge in [0.2, 0.25) is 0 Å². The van der Waals surface area contributed by atoms with Crippen molar-refractivity contribution >= 4 is 23.4 Å². The van der Waals surface area contributed by atoms with Crippen LogP contribution in [0.25, 0.3) is 0 Å². The van der Waals surface area contributed by atoms with Crippen LogP contribution in [0.15, 0.2) is 48.5 Å². The minimum atomic E-state index is -0.766. The molecule has 1 aromatic heterocycles. The number of anilines is 2.